The molecular formula is C43H52O11. The topological polar surface area (TPSA) is 113 Å². The third kappa shape index (κ3) is 10.8. The van der Waals surface area contributed by atoms with E-state index < -0.39 is 61.4 Å². The van der Waals surface area contributed by atoms with Gasteiger partial charge in [0.2, 0.25) is 0 Å². The van der Waals surface area contributed by atoms with E-state index >= 15 is 0 Å². The van der Waals surface area contributed by atoms with Crippen molar-refractivity contribution in [2.45, 2.75) is 87.8 Å². The maximum Gasteiger partial charge on any atom is 0.187 e. The summed E-state index contributed by atoms with van der Waals surface area (Å²) in [6.45, 7) is 1.44. The highest BCUT2D eigenvalue weighted by molar-refractivity contribution is 5.16. The van der Waals surface area contributed by atoms with E-state index in [-0.39, 0.29) is 26.4 Å². The summed E-state index contributed by atoms with van der Waals surface area (Å²) in [5, 5.41) is 11.6. The first-order valence-electron chi connectivity index (χ1n) is 18.3. The van der Waals surface area contributed by atoms with E-state index in [0.717, 1.165) is 22.3 Å². The number of ether oxygens (including phenoxy) is 10. The first-order valence-corrected chi connectivity index (χ1v) is 18.3. The van der Waals surface area contributed by atoms with E-state index in [4.69, 9.17) is 47.4 Å². The average Bonchev–Trinajstić information content (AvgIpc) is 3.22. The molecule has 54 heavy (non-hydrogen) atoms. The van der Waals surface area contributed by atoms with Crippen molar-refractivity contribution in [3.8, 4) is 0 Å². The molecule has 2 fully saturated rings. The molecule has 0 amide bonds. The highest BCUT2D eigenvalue weighted by Gasteiger charge is 2.53. The lowest BCUT2D eigenvalue weighted by atomic mass is 9.96. The van der Waals surface area contributed by atoms with E-state index in [1.54, 1.807) is 14.2 Å². The van der Waals surface area contributed by atoms with Gasteiger partial charge in [0.1, 0.15) is 48.8 Å². The summed E-state index contributed by atoms with van der Waals surface area (Å²) in [4.78, 5) is 0. The molecular weight excluding hydrogens is 692 g/mol. The van der Waals surface area contributed by atoms with Gasteiger partial charge in [-0.3, -0.25) is 0 Å². The Morgan fingerprint density at radius 3 is 1.30 bits per heavy atom. The Bertz CT molecular complexity index is 1600. The molecule has 2 aliphatic heterocycles. The molecule has 1 N–H and O–H groups in total. The zero-order chi connectivity index (χ0) is 37.5. The highest BCUT2D eigenvalue weighted by atomic mass is 16.8. The zero-order valence-corrected chi connectivity index (χ0v) is 31.1. The van der Waals surface area contributed by atoms with Gasteiger partial charge in [-0.25, -0.2) is 0 Å². The second-order valence-corrected chi connectivity index (χ2v) is 13.3. The second kappa shape index (κ2) is 20.9. The Hall–Kier alpha value is -3.56. The van der Waals surface area contributed by atoms with Crippen molar-refractivity contribution in [3.05, 3.63) is 144 Å². The minimum absolute atomic E-state index is 0.0776. The van der Waals surface area contributed by atoms with Crippen LogP contribution in [0.5, 0.6) is 0 Å². The van der Waals surface area contributed by atoms with Crippen LogP contribution in [0.1, 0.15) is 22.3 Å². The van der Waals surface area contributed by atoms with Gasteiger partial charge in [-0.1, -0.05) is 121 Å². The third-order valence-corrected chi connectivity index (χ3v) is 9.64. The summed E-state index contributed by atoms with van der Waals surface area (Å²) < 4.78 is 63.3. The summed E-state index contributed by atoms with van der Waals surface area (Å²) in [6.07, 6.45) is -8.31. The van der Waals surface area contributed by atoms with Crippen molar-refractivity contribution in [3.63, 3.8) is 0 Å². The van der Waals surface area contributed by atoms with Crippen LogP contribution in [0.25, 0.3) is 0 Å². The van der Waals surface area contributed by atoms with Gasteiger partial charge in [-0.05, 0) is 22.3 Å². The molecule has 2 heterocycles. The van der Waals surface area contributed by atoms with Crippen molar-refractivity contribution in [2.24, 2.45) is 0 Å². The van der Waals surface area contributed by atoms with Crippen LogP contribution in [-0.2, 0) is 73.8 Å². The van der Waals surface area contributed by atoms with Crippen LogP contribution < -0.4 is 0 Å². The first-order chi connectivity index (χ1) is 26.6. The molecule has 290 valence electrons. The number of hydrogen-bond donors (Lipinski definition) is 1. The van der Waals surface area contributed by atoms with E-state index in [1.165, 1.54) is 7.11 Å². The monoisotopic (exact) mass is 744 g/mol. The van der Waals surface area contributed by atoms with E-state index in [0.29, 0.717) is 13.2 Å². The van der Waals surface area contributed by atoms with Crippen LogP contribution in [-0.4, -0.2) is 101 Å². The molecule has 11 nitrogen and oxygen atoms in total. The van der Waals surface area contributed by atoms with Crippen LogP contribution in [0, 0.1) is 0 Å². The Morgan fingerprint density at radius 2 is 0.852 bits per heavy atom. The minimum atomic E-state index is -1.09. The molecule has 4 aromatic rings. The number of rotatable bonds is 19. The largest absolute Gasteiger partial charge is 0.387 e. The molecule has 4 aromatic carbocycles. The number of benzene rings is 4. The molecule has 0 spiro atoms. The van der Waals surface area contributed by atoms with Gasteiger partial charge in [0.15, 0.2) is 12.6 Å². The minimum Gasteiger partial charge on any atom is -0.387 e. The van der Waals surface area contributed by atoms with Gasteiger partial charge in [0, 0.05) is 21.3 Å². The van der Waals surface area contributed by atoms with E-state index in [9.17, 15) is 5.11 Å². The highest BCUT2D eigenvalue weighted by Crippen LogP contribution is 2.34. The van der Waals surface area contributed by atoms with E-state index in [1.807, 2.05) is 121 Å². The molecule has 0 unspecified atom stereocenters. The summed E-state index contributed by atoms with van der Waals surface area (Å²) in [5.74, 6) is 0. The number of methoxy groups -OCH3 is 3. The molecule has 0 aromatic heterocycles. The van der Waals surface area contributed by atoms with E-state index in [2.05, 4.69) is 0 Å². The van der Waals surface area contributed by atoms with Gasteiger partial charge in [-0.2, -0.15) is 0 Å². The molecule has 0 radical (unpaired) electrons. The third-order valence-electron chi connectivity index (χ3n) is 9.64. The zero-order valence-electron chi connectivity index (χ0n) is 31.1. The predicted molar refractivity (Wildman–Crippen MR) is 199 cm³/mol. The lowest BCUT2D eigenvalue weighted by Gasteiger charge is -2.49. The lowest BCUT2D eigenvalue weighted by Crippen LogP contribution is -2.66. The Morgan fingerprint density at radius 1 is 0.444 bits per heavy atom. The van der Waals surface area contributed by atoms with Gasteiger partial charge in [0.05, 0.1) is 39.6 Å². The fourth-order valence-corrected chi connectivity index (χ4v) is 6.82. The fourth-order valence-electron chi connectivity index (χ4n) is 6.82. The summed E-state index contributed by atoms with van der Waals surface area (Å²) in [5.41, 5.74) is 3.93. The Kier molecular flexibility index (Phi) is 15.6. The molecule has 0 bridgehead atoms. The Balaban J connectivity index is 1.27. The molecule has 6 rings (SSSR count). The standard InChI is InChI=1S/C43H52O11/c1-45-38-36(44)34(28-48-24-30-16-8-4-9-17-30)52-43(40(38)50-26-32-20-12-6-13-21-32)54-37-35(29-49-25-31-18-10-5-11-19-31)53-42(47-3)41(39(37)46-2)51-27-33-22-14-7-15-23-33/h4-23,34-44H,24-29H2,1-3H3/t34-,35-,36-,37-,38+,39+,40+,41+,42+,43-/m1/s1. The lowest BCUT2D eigenvalue weighted by molar-refractivity contribution is -0.370. The molecule has 0 aliphatic carbocycles. The number of aliphatic hydroxyl groups excluding tert-OH is 1. The summed E-state index contributed by atoms with van der Waals surface area (Å²) >= 11 is 0. The van der Waals surface area contributed by atoms with Crippen molar-refractivity contribution in [1.29, 1.82) is 0 Å². The molecule has 0 saturated carbocycles. The van der Waals surface area contributed by atoms with Crippen molar-refractivity contribution < 1.29 is 52.5 Å². The molecule has 2 aliphatic rings. The van der Waals surface area contributed by atoms with Crippen molar-refractivity contribution >= 4 is 0 Å². The van der Waals surface area contributed by atoms with Gasteiger partial charge in [0.25, 0.3) is 0 Å². The summed E-state index contributed by atoms with van der Waals surface area (Å²) in [6, 6.07) is 39.3. The van der Waals surface area contributed by atoms with Crippen molar-refractivity contribution in [2.75, 3.05) is 34.5 Å². The smallest absolute Gasteiger partial charge is 0.187 e. The van der Waals surface area contributed by atoms with Gasteiger partial charge >= 0.3 is 0 Å². The second-order valence-electron chi connectivity index (χ2n) is 13.3. The predicted octanol–water partition coefficient (Wildman–Crippen LogP) is 5.46. The Labute approximate surface area is 317 Å². The number of aliphatic hydroxyl groups is 1. The first kappa shape index (κ1) is 40.1. The normalized spacial score (nSPS) is 28.5. The maximum atomic E-state index is 11.6. The van der Waals surface area contributed by atoms with Crippen LogP contribution in [0.3, 0.4) is 0 Å². The fraction of sp³-hybridized carbons (Fsp3) is 0.442. The van der Waals surface area contributed by atoms with Crippen LogP contribution in [0.2, 0.25) is 0 Å². The number of hydrogen-bond acceptors (Lipinski definition) is 11. The maximum absolute atomic E-state index is 11.6. The quantitative estimate of drug-likeness (QED) is 0.132. The molecule has 10 atom stereocenters. The van der Waals surface area contributed by atoms with Crippen LogP contribution in [0.4, 0.5) is 0 Å². The molecule has 2 saturated heterocycles. The van der Waals surface area contributed by atoms with Crippen LogP contribution >= 0.6 is 0 Å². The average molecular weight is 745 g/mol. The SMILES string of the molecule is CO[C@H]1O[C@H](COCc2ccccc2)[C@@H](O[C@H]2O[C@H](COCc3ccccc3)[C@@H](O)[C@H](OC)[C@@H]2OCc2ccccc2)[C@H](OC)[C@@H]1OCc1ccccc1. The molecule has 11 heteroatoms. The summed E-state index contributed by atoms with van der Waals surface area (Å²) in [7, 11) is 4.71. The van der Waals surface area contributed by atoms with Crippen molar-refractivity contribution in [1.82, 2.24) is 0 Å². The van der Waals surface area contributed by atoms with Gasteiger partial charge < -0.3 is 52.5 Å². The van der Waals surface area contributed by atoms with Crippen LogP contribution in [0.15, 0.2) is 121 Å². The van der Waals surface area contributed by atoms with Gasteiger partial charge in [-0.15, -0.1) is 0 Å².